The Morgan fingerprint density at radius 3 is 2.65 bits per heavy atom. The third kappa shape index (κ3) is 5.19. The van der Waals surface area contributed by atoms with Gasteiger partial charge in [0.15, 0.2) is 0 Å². The number of hydrogen-bond donors (Lipinski definition) is 1. The highest BCUT2D eigenvalue weighted by Crippen LogP contribution is 2.21. The van der Waals surface area contributed by atoms with Gasteiger partial charge in [0.1, 0.15) is 0 Å². The number of nitrogens with one attached hydrogen (secondary N) is 1. The number of rotatable bonds is 7. The summed E-state index contributed by atoms with van der Waals surface area (Å²) in [6, 6.07) is 4.14. The Hall–Kier alpha value is -0.390. The number of nitrogens with zero attached hydrogens (tertiary/aromatic N) is 1. The first-order valence-electron chi connectivity index (χ1n) is 5.90. The number of hydrogen-bond acceptors (Lipinski definition) is 3. The molecular formula is C12H19BrN2OS. The second-order valence-corrected chi connectivity index (χ2v) is 6.25. The molecule has 0 bridgehead atoms. The van der Waals surface area contributed by atoms with Crippen molar-refractivity contribution in [3.8, 4) is 0 Å². The van der Waals surface area contributed by atoms with E-state index >= 15 is 0 Å². The molecule has 96 valence electrons. The standard InChI is InChI=1S/C12H19BrN2OS/c1-3-15(4-2)12(16)7-8-14-9-10-5-6-11(13)17-10/h5-6,14H,3-4,7-9H2,1-2H3. The van der Waals surface area contributed by atoms with Crippen LogP contribution in [-0.4, -0.2) is 30.4 Å². The fourth-order valence-corrected chi connectivity index (χ4v) is 3.04. The summed E-state index contributed by atoms with van der Waals surface area (Å²) in [7, 11) is 0. The molecule has 0 atom stereocenters. The second kappa shape index (κ2) is 7.84. The van der Waals surface area contributed by atoms with Gasteiger partial charge in [-0.15, -0.1) is 11.3 Å². The molecule has 0 unspecified atom stereocenters. The average molecular weight is 319 g/mol. The van der Waals surface area contributed by atoms with Crippen molar-refractivity contribution in [2.24, 2.45) is 0 Å². The van der Waals surface area contributed by atoms with Crippen molar-refractivity contribution >= 4 is 33.2 Å². The SMILES string of the molecule is CCN(CC)C(=O)CCNCc1ccc(Br)s1. The quantitative estimate of drug-likeness (QED) is 0.784. The molecule has 1 heterocycles. The maximum absolute atomic E-state index is 11.7. The van der Waals surface area contributed by atoms with E-state index in [1.807, 2.05) is 24.8 Å². The van der Waals surface area contributed by atoms with Crippen molar-refractivity contribution in [1.29, 1.82) is 0 Å². The van der Waals surface area contributed by atoms with Crippen LogP contribution in [0.5, 0.6) is 0 Å². The molecule has 0 fully saturated rings. The normalized spacial score (nSPS) is 10.5. The second-order valence-electron chi connectivity index (χ2n) is 3.70. The lowest BCUT2D eigenvalue weighted by atomic mass is 10.3. The highest BCUT2D eigenvalue weighted by atomic mass is 79.9. The Kier molecular flexibility index (Phi) is 6.77. The zero-order valence-corrected chi connectivity index (χ0v) is 12.7. The molecule has 0 aliphatic carbocycles. The minimum absolute atomic E-state index is 0.231. The molecule has 0 saturated carbocycles. The van der Waals surface area contributed by atoms with Crippen LogP contribution < -0.4 is 5.32 Å². The molecule has 1 rings (SSSR count). The highest BCUT2D eigenvalue weighted by Gasteiger charge is 2.08. The first-order chi connectivity index (χ1) is 8.17. The lowest BCUT2D eigenvalue weighted by molar-refractivity contribution is -0.130. The summed E-state index contributed by atoms with van der Waals surface area (Å²) >= 11 is 5.15. The fourth-order valence-electron chi connectivity index (χ4n) is 1.59. The van der Waals surface area contributed by atoms with Crippen LogP contribution in [0.3, 0.4) is 0 Å². The van der Waals surface area contributed by atoms with Crippen LogP contribution >= 0.6 is 27.3 Å². The Labute approximate surface area is 115 Å². The zero-order chi connectivity index (χ0) is 12.7. The van der Waals surface area contributed by atoms with Crippen LogP contribution in [0.1, 0.15) is 25.1 Å². The van der Waals surface area contributed by atoms with Crippen molar-refractivity contribution in [3.63, 3.8) is 0 Å². The molecule has 1 aromatic rings. The van der Waals surface area contributed by atoms with Gasteiger partial charge in [-0.2, -0.15) is 0 Å². The number of halogens is 1. The molecule has 0 aliphatic rings. The van der Waals surface area contributed by atoms with Crippen LogP contribution in [0.4, 0.5) is 0 Å². The van der Waals surface area contributed by atoms with Crippen molar-refractivity contribution in [3.05, 3.63) is 20.8 Å². The van der Waals surface area contributed by atoms with E-state index < -0.39 is 0 Å². The van der Waals surface area contributed by atoms with Crippen LogP contribution in [0.2, 0.25) is 0 Å². The van der Waals surface area contributed by atoms with E-state index in [4.69, 9.17) is 0 Å². The number of thiophene rings is 1. The minimum Gasteiger partial charge on any atom is -0.343 e. The van der Waals surface area contributed by atoms with E-state index in [1.165, 1.54) is 4.88 Å². The maximum Gasteiger partial charge on any atom is 0.223 e. The Morgan fingerprint density at radius 2 is 2.12 bits per heavy atom. The van der Waals surface area contributed by atoms with E-state index in [2.05, 4.69) is 27.3 Å². The van der Waals surface area contributed by atoms with Gasteiger partial charge in [-0.05, 0) is 41.9 Å². The highest BCUT2D eigenvalue weighted by molar-refractivity contribution is 9.11. The van der Waals surface area contributed by atoms with E-state index in [0.717, 1.165) is 30.0 Å². The van der Waals surface area contributed by atoms with E-state index in [-0.39, 0.29) is 5.91 Å². The van der Waals surface area contributed by atoms with E-state index in [1.54, 1.807) is 11.3 Å². The van der Waals surface area contributed by atoms with Crippen LogP contribution in [-0.2, 0) is 11.3 Å². The first kappa shape index (κ1) is 14.7. The monoisotopic (exact) mass is 318 g/mol. The third-order valence-electron chi connectivity index (χ3n) is 2.56. The molecule has 0 aliphatic heterocycles. The van der Waals surface area contributed by atoms with Gasteiger partial charge in [0.2, 0.25) is 5.91 Å². The molecule has 1 aromatic heterocycles. The number of carbonyl (C=O) groups is 1. The van der Waals surface area contributed by atoms with E-state index in [0.29, 0.717) is 6.42 Å². The van der Waals surface area contributed by atoms with Crippen LogP contribution in [0.25, 0.3) is 0 Å². The van der Waals surface area contributed by atoms with Crippen LogP contribution in [0, 0.1) is 0 Å². The number of carbonyl (C=O) groups excluding carboxylic acids is 1. The summed E-state index contributed by atoms with van der Waals surface area (Å²) < 4.78 is 1.15. The van der Waals surface area contributed by atoms with Crippen molar-refractivity contribution in [2.75, 3.05) is 19.6 Å². The van der Waals surface area contributed by atoms with E-state index in [9.17, 15) is 4.79 Å². The third-order valence-corrected chi connectivity index (χ3v) is 4.18. The summed E-state index contributed by atoms with van der Waals surface area (Å²) in [5, 5.41) is 3.29. The van der Waals surface area contributed by atoms with Crippen molar-refractivity contribution < 1.29 is 4.79 Å². The molecule has 3 nitrogen and oxygen atoms in total. The molecule has 0 radical (unpaired) electrons. The zero-order valence-electron chi connectivity index (χ0n) is 10.3. The summed E-state index contributed by atoms with van der Waals surface area (Å²) in [6.45, 7) is 7.20. The topological polar surface area (TPSA) is 32.3 Å². The molecule has 0 saturated heterocycles. The maximum atomic E-state index is 11.7. The number of amides is 1. The fraction of sp³-hybridized carbons (Fsp3) is 0.583. The van der Waals surface area contributed by atoms with Gasteiger partial charge in [0.25, 0.3) is 0 Å². The predicted molar refractivity (Wildman–Crippen MR) is 76.3 cm³/mol. The molecule has 1 N–H and O–H groups in total. The molecule has 0 spiro atoms. The summed E-state index contributed by atoms with van der Waals surface area (Å²) in [4.78, 5) is 14.9. The first-order valence-corrected chi connectivity index (χ1v) is 7.51. The average Bonchev–Trinajstić information content (AvgIpc) is 2.72. The van der Waals surface area contributed by atoms with Gasteiger partial charge in [-0.25, -0.2) is 0 Å². The van der Waals surface area contributed by atoms with Gasteiger partial charge in [0, 0.05) is 37.5 Å². The van der Waals surface area contributed by atoms with Crippen molar-refractivity contribution in [2.45, 2.75) is 26.8 Å². The lowest BCUT2D eigenvalue weighted by Gasteiger charge is -2.18. The molecule has 1 amide bonds. The molecule has 17 heavy (non-hydrogen) atoms. The van der Waals surface area contributed by atoms with Gasteiger partial charge in [-0.1, -0.05) is 0 Å². The molecular weight excluding hydrogens is 300 g/mol. The summed E-state index contributed by atoms with van der Waals surface area (Å²) in [6.07, 6.45) is 0.578. The van der Waals surface area contributed by atoms with Gasteiger partial charge in [0.05, 0.1) is 3.79 Å². The lowest BCUT2D eigenvalue weighted by Crippen LogP contribution is -2.32. The molecule has 5 heteroatoms. The minimum atomic E-state index is 0.231. The summed E-state index contributed by atoms with van der Waals surface area (Å²) in [5.41, 5.74) is 0. The predicted octanol–water partition coefficient (Wildman–Crippen LogP) is 2.86. The van der Waals surface area contributed by atoms with Crippen LogP contribution in [0.15, 0.2) is 15.9 Å². The smallest absolute Gasteiger partial charge is 0.223 e. The van der Waals surface area contributed by atoms with Gasteiger partial charge >= 0.3 is 0 Å². The summed E-state index contributed by atoms with van der Waals surface area (Å²) in [5.74, 6) is 0.231. The van der Waals surface area contributed by atoms with Gasteiger partial charge < -0.3 is 10.2 Å². The molecule has 0 aromatic carbocycles. The Bertz CT molecular complexity index is 350. The van der Waals surface area contributed by atoms with Gasteiger partial charge in [-0.3, -0.25) is 4.79 Å². The van der Waals surface area contributed by atoms with Crippen molar-refractivity contribution in [1.82, 2.24) is 10.2 Å². The largest absolute Gasteiger partial charge is 0.343 e. The Morgan fingerprint density at radius 1 is 1.41 bits per heavy atom. The Balaban J connectivity index is 2.17.